The van der Waals surface area contributed by atoms with Crippen LogP contribution < -0.4 is 10.6 Å². The first-order valence-electron chi connectivity index (χ1n) is 5.65. The number of halogens is 1. The summed E-state index contributed by atoms with van der Waals surface area (Å²) in [5, 5.41) is 0. The summed E-state index contributed by atoms with van der Waals surface area (Å²) in [6, 6.07) is 0.184. The topological polar surface area (TPSA) is 55.0 Å². The zero-order valence-electron chi connectivity index (χ0n) is 9.43. The lowest BCUT2D eigenvalue weighted by atomic mass is 9.92. The molecule has 5 heteroatoms. The largest absolute Gasteiger partial charge is 0.340 e. The Balaban J connectivity index is 2.06. The third-order valence-corrected chi connectivity index (χ3v) is 3.09. The Kier molecular flexibility index (Phi) is 3.33. The summed E-state index contributed by atoms with van der Waals surface area (Å²) >= 11 is 0. The van der Waals surface area contributed by atoms with E-state index in [1.807, 2.05) is 6.92 Å². The van der Waals surface area contributed by atoms with Gasteiger partial charge in [0.1, 0.15) is 0 Å². The highest BCUT2D eigenvalue weighted by atomic mass is 19.1. The van der Waals surface area contributed by atoms with Crippen molar-refractivity contribution >= 4 is 5.95 Å². The van der Waals surface area contributed by atoms with Crippen molar-refractivity contribution in [3.63, 3.8) is 0 Å². The highest BCUT2D eigenvalue weighted by molar-refractivity contribution is 5.29. The maximum atomic E-state index is 12.7. The molecule has 88 valence electrons. The van der Waals surface area contributed by atoms with E-state index in [0.717, 1.165) is 25.9 Å². The van der Waals surface area contributed by atoms with E-state index in [1.54, 1.807) is 0 Å². The molecule has 2 atom stereocenters. The van der Waals surface area contributed by atoms with E-state index < -0.39 is 5.82 Å². The highest BCUT2D eigenvalue weighted by Crippen LogP contribution is 2.21. The molecule has 1 fully saturated rings. The fraction of sp³-hybridized carbons (Fsp3) is 0.636. The van der Waals surface area contributed by atoms with Gasteiger partial charge in [0, 0.05) is 19.1 Å². The normalized spacial score (nSPS) is 23.2. The molecule has 4 nitrogen and oxygen atoms in total. The zero-order chi connectivity index (χ0) is 11.5. The first kappa shape index (κ1) is 11.3. The summed E-state index contributed by atoms with van der Waals surface area (Å²) in [6.45, 7) is 3.82. The molecule has 16 heavy (non-hydrogen) atoms. The Morgan fingerprint density at radius 3 is 2.81 bits per heavy atom. The molecule has 0 aliphatic carbocycles. The van der Waals surface area contributed by atoms with Gasteiger partial charge in [-0.2, -0.15) is 0 Å². The number of nitrogens with two attached hydrogens (primary N) is 1. The summed E-state index contributed by atoms with van der Waals surface area (Å²) in [5.41, 5.74) is 5.90. The van der Waals surface area contributed by atoms with Crippen molar-refractivity contribution in [1.29, 1.82) is 0 Å². The minimum atomic E-state index is -0.399. The summed E-state index contributed by atoms with van der Waals surface area (Å²) in [7, 11) is 0. The quantitative estimate of drug-likeness (QED) is 0.819. The molecule has 0 radical (unpaired) electrons. The number of anilines is 1. The molecule has 1 aromatic rings. The van der Waals surface area contributed by atoms with Crippen molar-refractivity contribution in [3.8, 4) is 0 Å². The van der Waals surface area contributed by atoms with Gasteiger partial charge in [-0.25, -0.2) is 14.4 Å². The molecule has 0 amide bonds. The maximum Gasteiger partial charge on any atom is 0.225 e. The van der Waals surface area contributed by atoms with Crippen molar-refractivity contribution < 1.29 is 4.39 Å². The van der Waals surface area contributed by atoms with Crippen molar-refractivity contribution in [2.24, 2.45) is 11.7 Å². The zero-order valence-corrected chi connectivity index (χ0v) is 9.43. The Morgan fingerprint density at radius 1 is 1.50 bits per heavy atom. The van der Waals surface area contributed by atoms with Crippen LogP contribution in [-0.2, 0) is 0 Å². The van der Waals surface area contributed by atoms with Gasteiger partial charge in [0.2, 0.25) is 5.95 Å². The summed E-state index contributed by atoms with van der Waals surface area (Å²) in [6.07, 6.45) is 4.65. The van der Waals surface area contributed by atoms with Crippen molar-refractivity contribution in [1.82, 2.24) is 9.97 Å². The molecule has 1 aliphatic rings. The average Bonchev–Trinajstić information content (AvgIpc) is 2.30. The highest BCUT2D eigenvalue weighted by Gasteiger charge is 2.23. The Labute approximate surface area is 94.7 Å². The number of piperidine rings is 1. The Bertz CT molecular complexity index is 338. The minimum Gasteiger partial charge on any atom is -0.340 e. The van der Waals surface area contributed by atoms with Gasteiger partial charge in [-0.1, -0.05) is 0 Å². The molecule has 0 saturated carbocycles. The first-order chi connectivity index (χ1) is 7.66. The molecule has 2 heterocycles. The fourth-order valence-electron chi connectivity index (χ4n) is 2.09. The van der Waals surface area contributed by atoms with E-state index >= 15 is 0 Å². The lowest BCUT2D eigenvalue weighted by Gasteiger charge is -2.34. The number of nitrogens with zero attached hydrogens (tertiary/aromatic N) is 3. The molecule has 1 aliphatic heterocycles. The standard InChI is InChI=1S/C11H17FN4/c1-8(13)9-3-2-4-16(7-9)11-14-5-10(12)6-15-11/h5-6,8-9H,2-4,7,13H2,1H3. The maximum absolute atomic E-state index is 12.7. The van der Waals surface area contributed by atoms with Gasteiger partial charge in [0.15, 0.2) is 5.82 Å². The van der Waals surface area contributed by atoms with E-state index in [9.17, 15) is 4.39 Å². The van der Waals surface area contributed by atoms with E-state index in [-0.39, 0.29) is 6.04 Å². The van der Waals surface area contributed by atoms with Crippen LogP contribution in [0.3, 0.4) is 0 Å². The molecule has 1 saturated heterocycles. The third-order valence-electron chi connectivity index (χ3n) is 3.09. The summed E-state index contributed by atoms with van der Waals surface area (Å²) < 4.78 is 12.7. The van der Waals surface area contributed by atoms with Gasteiger partial charge in [-0.05, 0) is 25.7 Å². The molecule has 2 N–H and O–H groups in total. The first-order valence-corrected chi connectivity index (χ1v) is 5.65. The predicted octanol–water partition coefficient (Wildman–Crippen LogP) is 1.18. The third kappa shape index (κ3) is 2.47. The monoisotopic (exact) mass is 224 g/mol. The fourth-order valence-corrected chi connectivity index (χ4v) is 2.09. The molecule has 2 rings (SSSR count). The van der Waals surface area contributed by atoms with Gasteiger partial charge in [0.25, 0.3) is 0 Å². The van der Waals surface area contributed by atoms with Gasteiger partial charge in [0.05, 0.1) is 12.4 Å². The van der Waals surface area contributed by atoms with Crippen LogP contribution in [0.25, 0.3) is 0 Å². The number of aromatic nitrogens is 2. The smallest absolute Gasteiger partial charge is 0.225 e. The number of hydrogen-bond donors (Lipinski definition) is 1. The molecule has 0 bridgehead atoms. The summed E-state index contributed by atoms with van der Waals surface area (Å²) in [5.74, 6) is 0.679. The molecule has 1 aromatic heterocycles. The molecular weight excluding hydrogens is 207 g/mol. The van der Waals surface area contributed by atoms with E-state index in [0.29, 0.717) is 11.9 Å². The van der Waals surface area contributed by atoms with Crippen LogP contribution in [0.2, 0.25) is 0 Å². The van der Waals surface area contributed by atoms with Crippen LogP contribution in [0.15, 0.2) is 12.4 Å². The minimum absolute atomic E-state index is 0.184. The van der Waals surface area contributed by atoms with Crippen molar-refractivity contribution in [2.45, 2.75) is 25.8 Å². The SMILES string of the molecule is CC(N)C1CCCN(c2ncc(F)cn2)C1. The van der Waals surface area contributed by atoms with Crippen LogP contribution in [0.4, 0.5) is 10.3 Å². The molecule has 0 spiro atoms. The molecule has 0 aromatic carbocycles. The van der Waals surface area contributed by atoms with E-state index in [2.05, 4.69) is 14.9 Å². The van der Waals surface area contributed by atoms with Gasteiger partial charge >= 0.3 is 0 Å². The average molecular weight is 224 g/mol. The lowest BCUT2D eigenvalue weighted by Crippen LogP contribution is -2.43. The summed E-state index contributed by atoms with van der Waals surface area (Å²) in [4.78, 5) is 10.1. The predicted molar refractivity (Wildman–Crippen MR) is 60.6 cm³/mol. The Hall–Kier alpha value is -1.23. The molecule has 2 unspecified atom stereocenters. The van der Waals surface area contributed by atoms with Crippen molar-refractivity contribution in [3.05, 3.63) is 18.2 Å². The van der Waals surface area contributed by atoms with Crippen LogP contribution in [-0.4, -0.2) is 29.1 Å². The van der Waals surface area contributed by atoms with Crippen LogP contribution in [0, 0.1) is 11.7 Å². The second kappa shape index (κ2) is 4.74. The van der Waals surface area contributed by atoms with Gasteiger partial charge in [-0.15, -0.1) is 0 Å². The van der Waals surface area contributed by atoms with Gasteiger partial charge < -0.3 is 10.6 Å². The van der Waals surface area contributed by atoms with Crippen LogP contribution in [0.1, 0.15) is 19.8 Å². The van der Waals surface area contributed by atoms with Crippen molar-refractivity contribution in [2.75, 3.05) is 18.0 Å². The Morgan fingerprint density at radius 2 is 2.19 bits per heavy atom. The van der Waals surface area contributed by atoms with E-state index in [1.165, 1.54) is 12.4 Å². The van der Waals surface area contributed by atoms with E-state index in [4.69, 9.17) is 5.73 Å². The lowest BCUT2D eigenvalue weighted by molar-refractivity contribution is 0.361. The number of hydrogen-bond acceptors (Lipinski definition) is 4. The second-order valence-corrected chi connectivity index (χ2v) is 4.41. The van der Waals surface area contributed by atoms with Crippen LogP contribution in [0.5, 0.6) is 0 Å². The molecular formula is C11H17FN4. The van der Waals surface area contributed by atoms with Crippen LogP contribution >= 0.6 is 0 Å². The number of rotatable bonds is 2. The second-order valence-electron chi connectivity index (χ2n) is 4.41. The van der Waals surface area contributed by atoms with Gasteiger partial charge in [-0.3, -0.25) is 0 Å².